The van der Waals surface area contributed by atoms with E-state index in [-0.39, 0.29) is 34.8 Å². The molecular formula is C32H28ClF3N2O4. The van der Waals surface area contributed by atoms with Crippen molar-refractivity contribution in [1.82, 2.24) is 9.55 Å². The van der Waals surface area contributed by atoms with E-state index < -0.39 is 34.9 Å². The van der Waals surface area contributed by atoms with Gasteiger partial charge in [0.1, 0.15) is 11.6 Å². The number of halogens is 4. The Morgan fingerprint density at radius 2 is 1.69 bits per heavy atom. The van der Waals surface area contributed by atoms with Gasteiger partial charge in [0.15, 0.2) is 5.78 Å². The number of nitrogens with zero attached hydrogens (tertiary/aromatic N) is 2. The van der Waals surface area contributed by atoms with Gasteiger partial charge >= 0.3 is 12.1 Å². The van der Waals surface area contributed by atoms with Crippen molar-refractivity contribution in [2.45, 2.75) is 51.4 Å². The summed E-state index contributed by atoms with van der Waals surface area (Å²) in [4.78, 5) is 43.5. The topological polar surface area (TPSA) is 78.3 Å². The molecule has 1 atom stereocenters. The standard InChI is InChI=1S/C32H28ClF3N2O4/c1-31(2,3)42-30(41)21-9-7-20(8-10-21)16-28(39)27(19-24-6-4-5-14-37-24)38-15-13-22(17-29(38)40)25-18-23(33)11-12-26(25)32(34,35)36/h4-15,17-18,27H,16,19H2,1-3H3. The van der Waals surface area contributed by atoms with Crippen molar-refractivity contribution in [2.24, 2.45) is 0 Å². The van der Waals surface area contributed by atoms with E-state index in [1.807, 2.05) is 0 Å². The monoisotopic (exact) mass is 596 g/mol. The van der Waals surface area contributed by atoms with Crippen molar-refractivity contribution >= 4 is 23.4 Å². The zero-order valence-electron chi connectivity index (χ0n) is 23.1. The zero-order chi connectivity index (χ0) is 30.7. The minimum Gasteiger partial charge on any atom is -0.456 e. The fourth-order valence-corrected chi connectivity index (χ4v) is 4.59. The van der Waals surface area contributed by atoms with E-state index in [0.29, 0.717) is 16.8 Å². The largest absolute Gasteiger partial charge is 0.456 e. The molecule has 0 aliphatic rings. The summed E-state index contributed by atoms with van der Waals surface area (Å²) in [5.41, 5.74) is -0.968. The molecule has 10 heteroatoms. The Bertz CT molecular complexity index is 1640. The maximum Gasteiger partial charge on any atom is 0.417 e. The van der Waals surface area contributed by atoms with Gasteiger partial charge in [-0.25, -0.2) is 4.79 Å². The molecule has 1 unspecified atom stereocenters. The Morgan fingerprint density at radius 1 is 0.976 bits per heavy atom. The van der Waals surface area contributed by atoms with Gasteiger partial charge in [-0.3, -0.25) is 14.6 Å². The molecule has 0 N–H and O–H groups in total. The molecule has 218 valence electrons. The van der Waals surface area contributed by atoms with Crippen LogP contribution in [0.1, 0.15) is 54.0 Å². The lowest BCUT2D eigenvalue weighted by Gasteiger charge is -2.20. The van der Waals surface area contributed by atoms with Crippen molar-refractivity contribution in [3.63, 3.8) is 0 Å². The lowest BCUT2D eigenvalue weighted by atomic mass is 9.97. The molecule has 4 rings (SSSR count). The first-order valence-corrected chi connectivity index (χ1v) is 13.4. The van der Waals surface area contributed by atoms with Crippen molar-refractivity contribution in [2.75, 3.05) is 0 Å². The van der Waals surface area contributed by atoms with Crippen LogP contribution in [0.4, 0.5) is 13.2 Å². The number of rotatable bonds is 8. The van der Waals surface area contributed by atoms with Crippen LogP contribution in [0.2, 0.25) is 5.02 Å². The maximum absolute atomic E-state index is 13.7. The number of aromatic nitrogens is 2. The Morgan fingerprint density at radius 3 is 2.29 bits per heavy atom. The Kier molecular flexibility index (Phi) is 9.01. The van der Waals surface area contributed by atoms with Crippen molar-refractivity contribution in [1.29, 1.82) is 0 Å². The fourth-order valence-electron chi connectivity index (χ4n) is 4.42. The van der Waals surface area contributed by atoms with Crippen molar-refractivity contribution in [3.05, 3.63) is 123 Å². The lowest BCUT2D eigenvalue weighted by Crippen LogP contribution is -2.32. The highest BCUT2D eigenvalue weighted by Gasteiger charge is 2.34. The first kappa shape index (κ1) is 30.7. The van der Waals surface area contributed by atoms with E-state index in [2.05, 4.69) is 4.98 Å². The molecule has 0 spiro atoms. The average molecular weight is 597 g/mol. The summed E-state index contributed by atoms with van der Waals surface area (Å²) in [5, 5.41) is 0.0862. The van der Waals surface area contributed by atoms with Crippen LogP contribution in [-0.2, 0) is 28.5 Å². The van der Waals surface area contributed by atoms with Gasteiger partial charge in [0, 0.05) is 42.0 Å². The van der Waals surface area contributed by atoms with E-state index in [0.717, 1.165) is 24.3 Å². The lowest BCUT2D eigenvalue weighted by molar-refractivity contribution is -0.137. The van der Waals surface area contributed by atoms with E-state index in [9.17, 15) is 27.6 Å². The normalized spacial score (nSPS) is 12.5. The number of esters is 1. The molecule has 0 fully saturated rings. The van der Waals surface area contributed by atoms with Gasteiger partial charge < -0.3 is 9.30 Å². The molecular weight excluding hydrogens is 569 g/mol. The minimum absolute atomic E-state index is 0.0211. The van der Waals surface area contributed by atoms with Crippen molar-refractivity contribution < 1.29 is 27.5 Å². The predicted octanol–water partition coefficient (Wildman–Crippen LogP) is 7.13. The molecule has 42 heavy (non-hydrogen) atoms. The maximum atomic E-state index is 13.7. The molecule has 2 aromatic carbocycles. The highest BCUT2D eigenvalue weighted by Crippen LogP contribution is 2.38. The third kappa shape index (κ3) is 7.73. The second kappa shape index (κ2) is 12.3. The molecule has 0 saturated carbocycles. The zero-order valence-corrected chi connectivity index (χ0v) is 23.9. The van der Waals surface area contributed by atoms with Gasteiger partial charge in [0.2, 0.25) is 0 Å². The average Bonchev–Trinajstić information content (AvgIpc) is 2.91. The van der Waals surface area contributed by atoms with E-state index in [4.69, 9.17) is 16.3 Å². The summed E-state index contributed by atoms with van der Waals surface area (Å²) < 4.78 is 47.6. The van der Waals surface area contributed by atoms with E-state index in [1.54, 1.807) is 69.4 Å². The second-order valence-electron chi connectivity index (χ2n) is 10.7. The van der Waals surface area contributed by atoms with Crippen LogP contribution < -0.4 is 5.56 Å². The number of carbonyl (C=O) groups excluding carboxylic acids is 2. The summed E-state index contributed by atoms with van der Waals surface area (Å²) in [7, 11) is 0. The first-order chi connectivity index (χ1) is 19.7. The molecule has 2 aromatic heterocycles. The molecule has 0 bridgehead atoms. The highest BCUT2D eigenvalue weighted by atomic mass is 35.5. The molecule has 0 aliphatic carbocycles. The molecule has 0 amide bonds. The summed E-state index contributed by atoms with van der Waals surface area (Å²) in [6.07, 6.45) is -1.76. The number of ether oxygens (including phenoxy) is 1. The Labute approximate surface area is 245 Å². The molecule has 0 saturated heterocycles. The number of pyridine rings is 2. The predicted molar refractivity (Wildman–Crippen MR) is 153 cm³/mol. The number of carbonyl (C=O) groups is 2. The van der Waals surface area contributed by atoms with Crippen LogP contribution in [0.5, 0.6) is 0 Å². The molecule has 4 aromatic rings. The highest BCUT2D eigenvalue weighted by molar-refractivity contribution is 6.30. The summed E-state index contributed by atoms with van der Waals surface area (Å²) in [6.45, 7) is 5.29. The Hall–Kier alpha value is -4.24. The number of hydrogen-bond acceptors (Lipinski definition) is 5. The van der Waals surface area contributed by atoms with Gasteiger partial charge in [0.05, 0.1) is 11.1 Å². The minimum atomic E-state index is -4.66. The number of alkyl halides is 3. The van der Waals surface area contributed by atoms with Crippen molar-refractivity contribution in [3.8, 4) is 11.1 Å². The number of Topliss-reactive ketones (excluding diaryl/α,β-unsaturated/α-hetero) is 1. The second-order valence-corrected chi connectivity index (χ2v) is 11.2. The van der Waals surface area contributed by atoms with Crippen LogP contribution in [0, 0.1) is 0 Å². The van der Waals surface area contributed by atoms with Gasteiger partial charge in [-0.15, -0.1) is 0 Å². The number of hydrogen-bond donors (Lipinski definition) is 0. The number of ketones is 1. The van der Waals surface area contributed by atoms with Crippen LogP contribution in [0.25, 0.3) is 11.1 Å². The summed E-state index contributed by atoms with van der Waals surface area (Å²) in [6, 6.07) is 16.2. The van der Waals surface area contributed by atoms with Crippen LogP contribution in [0.15, 0.2) is 90.0 Å². The molecule has 2 heterocycles. The van der Waals surface area contributed by atoms with Gasteiger partial charge in [-0.05, 0) is 86.0 Å². The summed E-state index contributed by atoms with van der Waals surface area (Å²) >= 11 is 5.97. The molecule has 0 radical (unpaired) electrons. The SMILES string of the molecule is CC(C)(C)OC(=O)c1ccc(CC(=O)C(Cc2ccccn2)n2ccc(-c3cc(Cl)ccc3C(F)(F)F)cc2=O)cc1. The van der Waals surface area contributed by atoms with Gasteiger partial charge in [-0.1, -0.05) is 29.8 Å². The van der Waals surface area contributed by atoms with Gasteiger partial charge in [0.25, 0.3) is 5.56 Å². The third-order valence-corrected chi connectivity index (χ3v) is 6.58. The third-order valence-electron chi connectivity index (χ3n) is 6.35. The summed E-state index contributed by atoms with van der Waals surface area (Å²) in [5.74, 6) is -0.812. The molecule has 6 nitrogen and oxygen atoms in total. The smallest absolute Gasteiger partial charge is 0.417 e. The van der Waals surface area contributed by atoms with E-state index in [1.165, 1.54) is 16.8 Å². The van der Waals surface area contributed by atoms with Crippen LogP contribution >= 0.6 is 11.6 Å². The Balaban J connectivity index is 1.66. The first-order valence-electron chi connectivity index (χ1n) is 13.1. The fraction of sp³-hybridized carbons (Fsp3) is 0.250. The number of benzene rings is 2. The quantitative estimate of drug-likeness (QED) is 0.202. The van der Waals surface area contributed by atoms with Crippen LogP contribution in [0.3, 0.4) is 0 Å². The van der Waals surface area contributed by atoms with Crippen LogP contribution in [-0.4, -0.2) is 26.9 Å². The van der Waals surface area contributed by atoms with E-state index >= 15 is 0 Å². The molecule has 0 aliphatic heterocycles. The van der Waals surface area contributed by atoms with Gasteiger partial charge in [-0.2, -0.15) is 13.2 Å².